The largest absolute Gasteiger partial charge is 0.457 e. The third kappa shape index (κ3) is 5.05. The Morgan fingerprint density at radius 3 is 2.11 bits per heavy atom. The van der Waals surface area contributed by atoms with Gasteiger partial charge in [-0.15, -0.1) is 0 Å². The second kappa shape index (κ2) is 10.6. The molecule has 0 unspecified atom stereocenters. The van der Waals surface area contributed by atoms with Crippen molar-refractivity contribution in [2.75, 3.05) is 11.9 Å². The van der Waals surface area contributed by atoms with E-state index in [-0.39, 0.29) is 17.9 Å². The van der Waals surface area contributed by atoms with Crippen LogP contribution >= 0.6 is 11.8 Å². The molecule has 0 aromatic heterocycles. The summed E-state index contributed by atoms with van der Waals surface area (Å²) in [5.41, 5.74) is 2.20. The van der Waals surface area contributed by atoms with Gasteiger partial charge in [0.2, 0.25) is 0 Å². The molecule has 2 aliphatic rings. The summed E-state index contributed by atoms with van der Waals surface area (Å²) in [6.07, 6.45) is 5.60. The van der Waals surface area contributed by atoms with Gasteiger partial charge in [-0.05, 0) is 68.3 Å². The van der Waals surface area contributed by atoms with Crippen LogP contribution in [-0.4, -0.2) is 29.8 Å². The van der Waals surface area contributed by atoms with Gasteiger partial charge in [0.05, 0.1) is 5.69 Å². The number of likely N-dealkylation sites (N-methyl/N-ethyl adjacent to an activating group) is 1. The van der Waals surface area contributed by atoms with Crippen molar-refractivity contribution in [3.05, 3.63) is 95.0 Å². The summed E-state index contributed by atoms with van der Waals surface area (Å²) in [6.45, 7) is 2.03. The minimum atomic E-state index is -0.278. The number of benzene rings is 3. The van der Waals surface area contributed by atoms with Crippen LogP contribution in [0.25, 0.3) is 0 Å². The van der Waals surface area contributed by atoms with Gasteiger partial charge in [-0.3, -0.25) is 9.59 Å². The molecular weight excluding hydrogens is 468 g/mol. The van der Waals surface area contributed by atoms with E-state index in [2.05, 4.69) is 4.90 Å². The highest BCUT2D eigenvalue weighted by Gasteiger charge is 2.43. The van der Waals surface area contributed by atoms with Crippen LogP contribution in [0.5, 0.6) is 11.5 Å². The third-order valence-electron chi connectivity index (χ3n) is 6.81. The fourth-order valence-corrected chi connectivity index (χ4v) is 5.81. The molecule has 2 amide bonds. The van der Waals surface area contributed by atoms with Gasteiger partial charge in [0.25, 0.3) is 11.8 Å². The minimum Gasteiger partial charge on any atom is -0.457 e. The summed E-state index contributed by atoms with van der Waals surface area (Å²) in [6, 6.07) is 25.0. The maximum atomic E-state index is 13.8. The number of nitrogens with zero attached hydrogens (tertiary/aromatic N) is 2. The third-order valence-corrected chi connectivity index (χ3v) is 7.89. The van der Waals surface area contributed by atoms with E-state index in [1.807, 2.05) is 68.6 Å². The average molecular weight is 499 g/mol. The number of imide groups is 1. The summed E-state index contributed by atoms with van der Waals surface area (Å²) in [5.74, 6) is 0.832. The molecule has 5 nitrogen and oxygen atoms in total. The van der Waals surface area contributed by atoms with E-state index >= 15 is 0 Å². The number of carbonyl (C=O) groups is 2. The van der Waals surface area contributed by atoms with Gasteiger partial charge in [-0.1, -0.05) is 66.9 Å². The molecule has 0 spiro atoms. The molecule has 0 saturated heterocycles. The van der Waals surface area contributed by atoms with Gasteiger partial charge in [-0.25, -0.2) is 4.90 Å². The first kappa shape index (κ1) is 24.2. The molecule has 3 aromatic carbocycles. The summed E-state index contributed by atoms with van der Waals surface area (Å²) in [5, 5.41) is 0. The van der Waals surface area contributed by atoms with Crippen LogP contribution in [0, 0.1) is 6.92 Å². The van der Waals surface area contributed by atoms with Crippen molar-refractivity contribution in [3.8, 4) is 11.5 Å². The molecule has 5 rings (SSSR count). The Balaban J connectivity index is 1.44. The first-order valence-electron chi connectivity index (χ1n) is 12.4. The standard InChI is InChI=1S/C30H30N2O3S/c1-21-13-19-26(20-14-21)36-28-27(31(2)22-9-5-3-6-10-22)29(33)32(30(28)34)23-15-17-25(18-16-23)35-24-11-7-4-8-12-24/h4,7-8,11-20,22H,3,5-6,9-10H2,1-2H3. The molecule has 0 bridgehead atoms. The second-order valence-corrected chi connectivity index (χ2v) is 10.4. The van der Waals surface area contributed by atoms with Gasteiger partial charge in [-0.2, -0.15) is 0 Å². The van der Waals surface area contributed by atoms with Crippen LogP contribution in [0.3, 0.4) is 0 Å². The van der Waals surface area contributed by atoms with Crippen molar-refractivity contribution >= 4 is 29.3 Å². The predicted octanol–water partition coefficient (Wildman–Crippen LogP) is 6.93. The minimum absolute atomic E-state index is 0.264. The number of aryl methyl sites for hydroxylation is 1. The lowest BCUT2D eigenvalue weighted by Crippen LogP contribution is -2.38. The van der Waals surface area contributed by atoms with Gasteiger partial charge < -0.3 is 9.64 Å². The molecule has 1 aliphatic carbocycles. The quantitative estimate of drug-likeness (QED) is 0.331. The zero-order valence-electron chi connectivity index (χ0n) is 20.6. The maximum Gasteiger partial charge on any atom is 0.283 e. The Bertz CT molecular complexity index is 1260. The summed E-state index contributed by atoms with van der Waals surface area (Å²) < 4.78 is 5.89. The van der Waals surface area contributed by atoms with E-state index in [4.69, 9.17) is 4.74 Å². The SMILES string of the molecule is Cc1ccc(SC2=C(N(C)C3CCCCC3)C(=O)N(c3ccc(Oc4ccccc4)cc3)C2=O)cc1. The molecule has 0 atom stereocenters. The molecular formula is C30H30N2O3S. The Kier molecular flexibility index (Phi) is 7.14. The number of para-hydroxylation sites is 1. The number of hydrogen-bond donors (Lipinski definition) is 0. The highest BCUT2D eigenvalue weighted by molar-refractivity contribution is 8.04. The highest BCUT2D eigenvalue weighted by Crippen LogP contribution is 2.40. The topological polar surface area (TPSA) is 49.9 Å². The first-order valence-corrected chi connectivity index (χ1v) is 13.3. The molecule has 1 aliphatic heterocycles. The zero-order chi connectivity index (χ0) is 25.1. The lowest BCUT2D eigenvalue weighted by atomic mass is 9.94. The number of anilines is 1. The van der Waals surface area contributed by atoms with E-state index < -0.39 is 0 Å². The van der Waals surface area contributed by atoms with E-state index in [1.165, 1.54) is 23.1 Å². The maximum absolute atomic E-state index is 13.8. The number of carbonyl (C=O) groups excluding carboxylic acids is 2. The Hall–Kier alpha value is -3.51. The normalized spacial score (nSPS) is 16.6. The number of hydrogen-bond acceptors (Lipinski definition) is 5. The molecule has 6 heteroatoms. The van der Waals surface area contributed by atoms with Gasteiger partial charge >= 0.3 is 0 Å². The smallest absolute Gasteiger partial charge is 0.283 e. The monoisotopic (exact) mass is 498 g/mol. The van der Waals surface area contributed by atoms with E-state index in [1.54, 1.807) is 24.3 Å². The molecule has 184 valence electrons. The van der Waals surface area contributed by atoms with Crippen LogP contribution in [0.15, 0.2) is 94.4 Å². The van der Waals surface area contributed by atoms with Gasteiger partial charge in [0.1, 0.15) is 22.1 Å². The van der Waals surface area contributed by atoms with Crippen molar-refractivity contribution in [2.45, 2.75) is 50.0 Å². The second-order valence-electron chi connectivity index (χ2n) is 9.35. The van der Waals surface area contributed by atoms with Crippen molar-refractivity contribution in [1.29, 1.82) is 0 Å². The summed E-state index contributed by atoms with van der Waals surface area (Å²) in [7, 11) is 1.96. The molecule has 3 aromatic rings. The lowest BCUT2D eigenvalue weighted by Gasteiger charge is -2.33. The van der Waals surface area contributed by atoms with Crippen molar-refractivity contribution < 1.29 is 14.3 Å². The fraction of sp³-hybridized carbons (Fsp3) is 0.267. The zero-order valence-corrected chi connectivity index (χ0v) is 21.5. The fourth-order valence-electron chi connectivity index (χ4n) is 4.80. The molecule has 36 heavy (non-hydrogen) atoms. The molecule has 1 fully saturated rings. The van der Waals surface area contributed by atoms with Gasteiger partial charge in [0.15, 0.2) is 0 Å². The highest BCUT2D eigenvalue weighted by atomic mass is 32.2. The number of amides is 2. The van der Waals surface area contributed by atoms with E-state index in [9.17, 15) is 9.59 Å². The molecule has 1 heterocycles. The van der Waals surface area contributed by atoms with Crippen molar-refractivity contribution in [1.82, 2.24) is 4.90 Å². The summed E-state index contributed by atoms with van der Waals surface area (Å²) >= 11 is 1.38. The molecule has 0 N–H and O–H groups in total. The Morgan fingerprint density at radius 2 is 1.44 bits per heavy atom. The van der Waals surface area contributed by atoms with E-state index in [0.717, 1.165) is 41.9 Å². The van der Waals surface area contributed by atoms with Crippen LogP contribution in [0.1, 0.15) is 37.7 Å². The molecule has 0 radical (unpaired) electrons. The van der Waals surface area contributed by atoms with Crippen molar-refractivity contribution in [3.63, 3.8) is 0 Å². The number of thioether (sulfide) groups is 1. The van der Waals surface area contributed by atoms with Crippen LogP contribution in [0.2, 0.25) is 0 Å². The van der Waals surface area contributed by atoms with E-state index in [0.29, 0.717) is 22.0 Å². The van der Waals surface area contributed by atoms with Crippen LogP contribution in [-0.2, 0) is 9.59 Å². The van der Waals surface area contributed by atoms with Gasteiger partial charge in [0, 0.05) is 18.0 Å². The van der Waals surface area contributed by atoms with Crippen LogP contribution < -0.4 is 9.64 Å². The van der Waals surface area contributed by atoms with Crippen LogP contribution in [0.4, 0.5) is 5.69 Å². The van der Waals surface area contributed by atoms with Crippen molar-refractivity contribution in [2.24, 2.45) is 0 Å². The Morgan fingerprint density at radius 1 is 0.806 bits per heavy atom. The number of ether oxygens (including phenoxy) is 1. The molecule has 1 saturated carbocycles. The number of rotatable bonds is 7. The Labute approximate surface area is 216 Å². The average Bonchev–Trinajstić information content (AvgIpc) is 3.15. The summed E-state index contributed by atoms with van der Waals surface area (Å²) in [4.78, 5) is 32.3. The predicted molar refractivity (Wildman–Crippen MR) is 144 cm³/mol. The lowest BCUT2D eigenvalue weighted by molar-refractivity contribution is -0.121. The first-order chi connectivity index (χ1) is 17.5.